The molecule has 0 atom stereocenters. The van der Waals surface area contributed by atoms with E-state index in [0.29, 0.717) is 20.3 Å². The molecule has 3 rings (SSSR count). The number of benzene rings is 2. The molecule has 3 aromatic rings. The number of methoxy groups -OCH3 is 1. The molecule has 0 aliphatic carbocycles. The van der Waals surface area contributed by atoms with Crippen molar-refractivity contribution in [3.05, 3.63) is 62.1 Å². The van der Waals surface area contributed by atoms with Crippen LogP contribution in [0.15, 0.2) is 65.6 Å². The SMILES string of the molecule is COc1cccc2cc(/C=C(\C#N)S(=O)(=O)c3cc(Br)ccc3Br)oc12. The normalized spacial score (nSPS) is 12.2. The maximum Gasteiger partial charge on any atom is 0.217 e. The van der Waals surface area contributed by atoms with E-state index < -0.39 is 14.7 Å². The minimum Gasteiger partial charge on any atom is -0.493 e. The van der Waals surface area contributed by atoms with Crippen LogP contribution in [-0.2, 0) is 9.84 Å². The van der Waals surface area contributed by atoms with Crippen LogP contribution in [0.2, 0.25) is 0 Å². The summed E-state index contributed by atoms with van der Waals surface area (Å²) < 4.78 is 37.6. The van der Waals surface area contributed by atoms with Crippen molar-refractivity contribution in [2.45, 2.75) is 4.90 Å². The second kappa shape index (κ2) is 7.27. The predicted octanol–water partition coefficient (Wildman–Crippen LogP) is 5.30. The van der Waals surface area contributed by atoms with Gasteiger partial charge in [0.05, 0.1) is 12.0 Å². The van der Waals surface area contributed by atoms with Crippen molar-refractivity contribution in [3.8, 4) is 11.8 Å². The molecule has 2 aromatic carbocycles. The number of halogens is 2. The van der Waals surface area contributed by atoms with Crippen LogP contribution < -0.4 is 4.74 Å². The molecule has 8 heteroatoms. The first-order valence-corrected chi connectivity index (χ1v) is 10.3. The molecule has 0 amide bonds. The first-order chi connectivity index (χ1) is 12.4. The van der Waals surface area contributed by atoms with Gasteiger partial charge in [-0.25, -0.2) is 8.42 Å². The maximum absolute atomic E-state index is 12.9. The van der Waals surface area contributed by atoms with Crippen LogP contribution in [0, 0.1) is 11.3 Å². The van der Waals surface area contributed by atoms with E-state index >= 15 is 0 Å². The van der Waals surface area contributed by atoms with E-state index in [9.17, 15) is 13.7 Å². The van der Waals surface area contributed by atoms with Crippen LogP contribution in [0.4, 0.5) is 0 Å². The Labute approximate surface area is 167 Å². The molecule has 1 heterocycles. The fourth-order valence-corrected chi connectivity index (χ4v) is 5.02. The number of allylic oxidation sites excluding steroid dienone is 1. The van der Waals surface area contributed by atoms with Gasteiger partial charge in [0.15, 0.2) is 16.2 Å². The summed E-state index contributed by atoms with van der Waals surface area (Å²) in [6, 6.07) is 13.5. The molecule has 0 radical (unpaired) electrons. The predicted molar refractivity (Wildman–Crippen MR) is 105 cm³/mol. The molecule has 0 N–H and O–H groups in total. The zero-order chi connectivity index (χ0) is 18.9. The third-order valence-corrected chi connectivity index (χ3v) is 6.75. The fraction of sp³-hybridized carbons (Fsp3) is 0.0556. The van der Waals surface area contributed by atoms with Gasteiger partial charge in [-0.2, -0.15) is 5.26 Å². The van der Waals surface area contributed by atoms with Crippen molar-refractivity contribution in [1.82, 2.24) is 0 Å². The Balaban J connectivity index is 2.14. The zero-order valence-corrected chi connectivity index (χ0v) is 17.4. The minimum atomic E-state index is -4.02. The summed E-state index contributed by atoms with van der Waals surface area (Å²) >= 11 is 6.47. The van der Waals surface area contributed by atoms with Gasteiger partial charge in [0, 0.05) is 20.4 Å². The van der Waals surface area contributed by atoms with Gasteiger partial charge in [0.1, 0.15) is 11.8 Å². The van der Waals surface area contributed by atoms with Gasteiger partial charge in [0.25, 0.3) is 0 Å². The molecule has 5 nitrogen and oxygen atoms in total. The van der Waals surface area contributed by atoms with E-state index in [-0.39, 0.29) is 10.7 Å². The summed E-state index contributed by atoms with van der Waals surface area (Å²) in [5.41, 5.74) is 0.486. The Morgan fingerprint density at radius 3 is 2.69 bits per heavy atom. The summed E-state index contributed by atoms with van der Waals surface area (Å²) in [6.45, 7) is 0. The lowest BCUT2D eigenvalue weighted by Gasteiger charge is -2.06. The van der Waals surface area contributed by atoms with Gasteiger partial charge < -0.3 is 9.15 Å². The minimum absolute atomic E-state index is 0.00614. The van der Waals surface area contributed by atoms with E-state index in [1.54, 1.807) is 36.4 Å². The lowest BCUT2D eigenvalue weighted by Crippen LogP contribution is -2.04. The number of nitrogens with zero attached hydrogens (tertiary/aromatic N) is 1. The number of fused-ring (bicyclic) bond motifs is 1. The lowest BCUT2D eigenvalue weighted by molar-refractivity contribution is 0.410. The van der Waals surface area contributed by atoms with Gasteiger partial charge in [-0.3, -0.25) is 0 Å². The average molecular weight is 497 g/mol. The Hall–Kier alpha value is -2.08. The highest BCUT2D eigenvalue weighted by Crippen LogP contribution is 2.33. The largest absolute Gasteiger partial charge is 0.493 e. The molecule has 0 unspecified atom stereocenters. The van der Waals surface area contributed by atoms with Crippen molar-refractivity contribution in [2.24, 2.45) is 0 Å². The second-order valence-electron chi connectivity index (χ2n) is 5.23. The topological polar surface area (TPSA) is 80.3 Å². The third-order valence-electron chi connectivity index (χ3n) is 3.60. The van der Waals surface area contributed by atoms with Crippen molar-refractivity contribution >= 4 is 58.7 Å². The Bertz CT molecular complexity index is 1170. The Kier molecular flexibility index (Phi) is 5.23. The second-order valence-corrected chi connectivity index (χ2v) is 8.88. The number of ether oxygens (including phenoxy) is 1. The molecule has 132 valence electrons. The van der Waals surface area contributed by atoms with Gasteiger partial charge in [0.2, 0.25) is 9.84 Å². The van der Waals surface area contributed by atoms with Crippen molar-refractivity contribution in [3.63, 3.8) is 0 Å². The monoisotopic (exact) mass is 495 g/mol. The summed E-state index contributed by atoms with van der Waals surface area (Å²) in [4.78, 5) is -0.428. The van der Waals surface area contributed by atoms with Gasteiger partial charge >= 0.3 is 0 Å². The van der Waals surface area contributed by atoms with Crippen LogP contribution in [-0.4, -0.2) is 15.5 Å². The molecule has 0 saturated heterocycles. The van der Waals surface area contributed by atoms with Crippen molar-refractivity contribution in [2.75, 3.05) is 7.11 Å². The zero-order valence-electron chi connectivity index (χ0n) is 13.4. The molecular weight excluding hydrogens is 486 g/mol. The van der Waals surface area contributed by atoms with Crippen LogP contribution in [0.1, 0.15) is 5.76 Å². The van der Waals surface area contributed by atoms with E-state index in [1.165, 1.54) is 19.3 Å². The number of rotatable bonds is 4. The quantitative estimate of drug-likeness (QED) is 0.457. The molecule has 0 bridgehead atoms. The number of para-hydroxylation sites is 1. The summed E-state index contributed by atoms with van der Waals surface area (Å²) in [5, 5.41) is 10.2. The lowest BCUT2D eigenvalue weighted by atomic mass is 10.2. The highest BCUT2D eigenvalue weighted by atomic mass is 79.9. The van der Waals surface area contributed by atoms with Crippen LogP contribution in [0.25, 0.3) is 17.0 Å². The molecule has 1 aromatic heterocycles. The number of nitriles is 1. The van der Waals surface area contributed by atoms with Gasteiger partial charge in [-0.05, 0) is 46.3 Å². The summed E-state index contributed by atoms with van der Waals surface area (Å²) in [6.07, 6.45) is 1.21. The van der Waals surface area contributed by atoms with E-state index in [2.05, 4.69) is 31.9 Å². The van der Waals surface area contributed by atoms with Crippen LogP contribution in [0.5, 0.6) is 5.75 Å². The summed E-state index contributed by atoms with van der Waals surface area (Å²) in [7, 11) is -2.51. The first-order valence-electron chi connectivity index (χ1n) is 7.25. The third kappa shape index (κ3) is 3.43. The highest BCUT2D eigenvalue weighted by molar-refractivity contribution is 9.11. The van der Waals surface area contributed by atoms with Crippen LogP contribution >= 0.6 is 31.9 Å². The number of sulfone groups is 1. The van der Waals surface area contributed by atoms with Crippen molar-refractivity contribution in [1.29, 1.82) is 5.26 Å². The smallest absolute Gasteiger partial charge is 0.217 e. The number of hydrogen-bond acceptors (Lipinski definition) is 5. The standard InChI is InChI=1S/C18H11Br2NO4S/c1-24-16-4-2-3-11-7-13(25-18(11)16)9-14(10-21)26(22,23)17-8-12(19)5-6-15(17)20/h2-9H,1H3/b14-9+. The number of hydrogen-bond donors (Lipinski definition) is 0. The van der Waals surface area contributed by atoms with Gasteiger partial charge in [-0.1, -0.05) is 28.1 Å². The van der Waals surface area contributed by atoms with E-state index in [4.69, 9.17) is 9.15 Å². The van der Waals surface area contributed by atoms with E-state index in [1.807, 2.05) is 6.07 Å². The molecule has 0 aliphatic rings. The molecular formula is C18H11Br2NO4S. The number of furan rings is 1. The van der Waals surface area contributed by atoms with Crippen LogP contribution in [0.3, 0.4) is 0 Å². The molecule has 0 fully saturated rings. The molecule has 26 heavy (non-hydrogen) atoms. The maximum atomic E-state index is 12.9. The Morgan fingerprint density at radius 2 is 2.00 bits per heavy atom. The van der Waals surface area contributed by atoms with E-state index in [0.717, 1.165) is 5.39 Å². The van der Waals surface area contributed by atoms with Gasteiger partial charge in [-0.15, -0.1) is 0 Å². The van der Waals surface area contributed by atoms with Crippen molar-refractivity contribution < 1.29 is 17.6 Å². The molecule has 0 spiro atoms. The average Bonchev–Trinajstić information content (AvgIpc) is 3.04. The first kappa shape index (κ1) is 18.7. The highest BCUT2D eigenvalue weighted by Gasteiger charge is 2.24. The fourth-order valence-electron chi connectivity index (χ4n) is 2.39. The molecule has 0 aliphatic heterocycles. The summed E-state index contributed by atoms with van der Waals surface area (Å²) in [5.74, 6) is 0.772. The molecule has 0 saturated carbocycles. The Morgan fingerprint density at radius 1 is 1.23 bits per heavy atom.